The number of nitro benzene ring substituents is 1. The van der Waals surface area contributed by atoms with Crippen molar-refractivity contribution >= 4 is 85.8 Å². The lowest BCUT2D eigenvalue weighted by atomic mass is 9.81. The van der Waals surface area contributed by atoms with E-state index in [0.717, 1.165) is 47.7 Å². The Labute approximate surface area is 270 Å². The van der Waals surface area contributed by atoms with E-state index >= 15 is 0 Å². The van der Waals surface area contributed by atoms with Gasteiger partial charge in [0.2, 0.25) is 11.8 Å². The number of halogens is 1. The second kappa shape index (κ2) is 12.4. The van der Waals surface area contributed by atoms with Crippen molar-refractivity contribution in [3.05, 3.63) is 86.4 Å². The summed E-state index contributed by atoms with van der Waals surface area (Å²) in [4.78, 5) is 56.6. The number of amides is 3. The molecule has 0 spiro atoms. The highest BCUT2D eigenvalue weighted by Crippen LogP contribution is 2.43. The fourth-order valence-electron chi connectivity index (χ4n) is 5.62. The van der Waals surface area contributed by atoms with E-state index in [1.807, 2.05) is 13.0 Å². The number of benzene rings is 3. The normalized spacial score (nSPS) is 18.2. The van der Waals surface area contributed by atoms with Crippen LogP contribution in [-0.2, 0) is 14.4 Å². The maximum absolute atomic E-state index is 13.1. The Bertz CT molecular complexity index is 1960. The third-order valence-electron chi connectivity index (χ3n) is 7.93. The Balaban J connectivity index is 1.22. The lowest BCUT2D eigenvalue weighted by Crippen LogP contribution is -2.30. The lowest BCUT2D eigenvalue weighted by molar-refractivity contribution is -0.387. The lowest BCUT2D eigenvalue weighted by Gasteiger charge is -2.19. The average molecular weight is 658 g/mol. The van der Waals surface area contributed by atoms with Crippen molar-refractivity contribution < 1.29 is 19.3 Å². The first-order valence-corrected chi connectivity index (χ1v) is 16.1. The zero-order valence-electron chi connectivity index (χ0n) is 23.8. The number of carbonyl (C=O) groups is 3. The van der Waals surface area contributed by atoms with Crippen molar-refractivity contribution in [3.63, 3.8) is 0 Å². The van der Waals surface area contributed by atoms with Crippen LogP contribution in [0.25, 0.3) is 16.3 Å². The second-order valence-corrected chi connectivity index (χ2v) is 13.5. The maximum atomic E-state index is 13.1. The SMILES string of the molecule is Cc1ccc(NC(=O)/C(C#N)=C/c2ccc(Sc3nc4ccc(N5C(=O)[C@H]6CCCC[C@H]6C5=O)cc4s3)c([N+](=O)[O-])c2)cc1Cl. The largest absolute Gasteiger partial charge is 0.321 e. The summed E-state index contributed by atoms with van der Waals surface area (Å²) in [6, 6.07) is 16.5. The van der Waals surface area contributed by atoms with Crippen LogP contribution >= 0.6 is 34.7 Å². The molecule has 3 amide bonds. The van der Waals surface area contributed by atoms with Crippen molar-refractivity contribution in [1.82, 2.24) is 4.98 Å². The smallest absolute Gasteiger partial charge is 0.283 e. The number of imide groups is 1. The van der Waals surface area contributed by atoms with Crippen LogP contribution in [-0.4, -0.2) is 27.6 Å². The molecule has 13 heteroatoms. The van der Waals surface area contributed by atoms with Gasteiger partial charge in [0.25, 0.3) is 11.6 Å². The molecule has 1 aliphatic carbocycles. The summed E-state index contributed by atoms with van der Waals surface area (Å²) in [7, 11) is 0. The van der Waals surface area contributed by atoms with Crippen LogP contribution in [0.2, 0.25) is 5.02 Å². The van der Waals surface area contributed by atoms with Crippen LogP contribution in [0, 0.1) is 40.2 Å². The van der Waals surface area contributed by atoms with E-state index in [4.69, 9.17) is 11.6 Å². The molecule has 226 valence electrons. The summed E-state index contributed by atoms with van der Waals surface area (Å²) in [6.45, 7) is 1.82. The van der Waals surface area contributed by atoms with Crippen molar-refractivity contribution in [2.45, 2.75) is 41.8 Å². The number of nitro groups is 1. The van der Waals surface area contributed by atoms with Gasteiger partial charge in [0.15, 0.2) is 4.34 Å². The van der Waals surface area contributed by atoms with Gasteiger partial charge in [0, 0.05) is 16.8 Å². The van der Waals surface area contributed by atoms with Crippen molar-refractivity contribution in [2.75, 3.05) is 10.2 Å². The highest BCUT2D eigenvalue weighted by Gasteiger charge is 2.48. The summed E-state index contributed by atoms with van der Waals surface area (Å²) in [6.07, 6.45) is 4.64. The quantitative estimate of drug-likeness (QED) is 0.0705. The molecule has 1 aliphatic heterocycles. The number of carbonyl (C=O) groups excluding carboxylic acids is 3. The molecule has 1 aromatic heterocycles. The van der Waals surface area contributed by atoms with E-state index in [1.165, 1.54) is 28.4 Å². The molecule has 2 heterocycles. The number of thiazole rings is 1. The molecule has 1 saturated carbocycles. The van der Waals surface area contributed by atoms with E-state index in [2.05, 4.69) is 10.3 Å². The second-order valence-electron chi connectivity index (χ2n) is 10.8. The summed E-state index contributed by atoms with van der Waals surface area (Å²) in [5.41, 5.74) is 2.24. The molecule has 2 atom stereocenters. The predicted octanol–water partition coefficient (Wildman–Crippen LogP) is 7.54. The molecule has 1 N–H and O–H groups in total. The fourth-order valence-corrected chi connectivity index (χ4v) is 7.95. The zero-order valence-corrected chi connectivity index (χ0v) is 26.2. The molecule has 10 nitrogen and oxygen atoms in total. The number of hydrogen-bond acceptors (Lipinski definition) is 9. The van der Waals surface area contributed by atoms with Crippen LogP contribution in [0.4, 0.5) is 17.1 Å². The van der Waals surface area contributed by atoms with Gasteiger partial charge in [-0.05, 0) is 73.4 Å². The van der Waals surface area contributed by atoms with Gasteiger partial charge in [-0.3, -0.25) is 29.4 Å². The van der Waals surface area contributed by atoms with Crippen LogP contribution in [0.5, 0.6) is 0 Å². The number of hydrogen-bond donors (Lipinski definition) is 1. The molecule has 4 aromatic rings. The summed E-state index contributed by atoms with van der Waals surface area (Å²) in [5, 5.41) is 24.7. The van der Waals surface area contributed by atoms with Gasteiger partial charge in [-0.1, -0.05) is 48.3 Å². The Morgan fingerprint density at radius 3 is 2.53 bits per heavy atom. The average Bonchev–Trinajstić information content (AvgIpc) is 3.54. The molecule has 2 aliphatic rings. The third-order valence-corrected chi connectivity index (χ3v) is 10.5. The van der Waals surface area contributed by atoms with Crippen LogP contribution in [0.15, 0.2) is 69.4 Å². The molecule has 0 radical (unpaired) electrons. The van der Waals surface area contributed by atoms with E-state index in [-0.39, 0.29) is 34.9 Å². The number of aryl methyl sites for hydroxylation is 1. The first kappa shape index (κ1) is 30.5. The number of aromatic nitrogens is 1. The van der Waals surface area contributed by atoms with Gasteiger partial charge in [-0.25, -0.2) is 4.98 Å². The molecular formula is C32H24ClN5O5S2. The first-order chi connectivity index (χ1) is 21.6. The third kappa shape index (κ3) is 6.07. The summed E-state index contributed by atoms with van der Waals surface area (Å²) < 4.78 is 1.28. The van der Waals surface area contributed by atoms with Gasteiger partial charge in [-0.15, -0.1) is 11.3 Å². The van der Waals surface area contributed by atoms with E-state index in [1.54, 1.807) is 48.5 Å². The molecule has 1 saturated heterocycles. The van der Waals surface area contributed by atoms with Crippen molar-refractivity contribution in [1.29, 1.82) is 5.26 Å². The molecule has 2 fully saturated rings. The number of nitriles is 1. The molecule has 0 bridgehead atoms. The standard InChI is InChI=1S/C32H24ClN5O5S2/c1-17-6-8-20(14-24(17)33)35-29(39)19(16-34)12-18-7-11-27(26(13-18)38(42)43)44-32-36-25-10-9-21(15-28(25)45-32)37-30(40)22-4-2-3-5-23(22)31(37)41/h6-15,22-23H,2-5H2,1H3,(H,35,39)/b19-12+/t22-,23+. The Morgan fingerprint density at radius 1 is 1.13 bits per heavy atom. The fraction of sp³-hybridized carbons (Fsp3) is 0.219. The van der Waals surface area contributed by atoms with Crippen molar-refractivity contribution in [3.8, 4) is 6.07 Å². The van der Waals surface area contributed by atoms with Gasteiger partial charge >= 0.3 is 0 Å². The topological polar surface area (TPSA) is 146 Å². The monoisotopic (exact) mass is 657 g/mol. The highest BCUT2D eigenvalue weighted by atomic mass is 35.5. The van der Waals surface area contributed by atoms with Gasteiger partial charge in [0.05, 0.1) is 37.6 Å². The van der Waals surface area contributed by atoms with Gasteiger partial charge in [-0.2, -0.15) is 5.26 Å². The summed E-state index contributed by atoms with van der Waals surface area (Å²) in [5.74, 6) is -1.48. The number of anilines is 2. The molecule has 45 heavy (non-hydrogen) atoms. The Hall–Kier alpha value is -4.57. The number of fused-ring (bicyclic) bond motifs is 2. The van der Waals surface area contributed by atoms with E-state index in [9.17, 15) is 29.8 Å². The predicted molar refractivity (Wildman–Crippen MR) is 173 cm³/mol. The van der Waals surface area contributed by atoms with Crippen LogP contribution in [0.3, 0.4) is 0 Å². The van der Waals surface area contributed by atoms with E-state index in [0.29, 0.717) is 36.7 Å². The zero-order chi connectivity index (χ0) is 31.8. The molecular weight excluding hydrogens is 634 g/mol. The highest BCUT2D eigenvalue weighted by molar-refractivity contribution is 8.01. The number of nitrogens with one attached hydrogen (secondary N) is 1. The Kier molecular flexibility index (Phi) is 8.42. The number of nitrogens with zero attached hydrogens (tertiary/aromatic N) is 4. The molecule has 6 rings (SSSR count). The molecule has 3 aromatic carbocycles. The number of rotatable bonds is 7. The van der Waals surface area contributed by atoms with Gasteiger partial charge in [0.1, 0.15) is 11.6 Å². The molecule has 0 unspecified atom stereocenters. The minimum absolute atomic E-state index is 0.149. The van der Waals surface area contributed by atoms with Crippen molar-refractivity contribution in [2.24, 2.45) is 11.8 Å². The minimum atomic E-state index is -0.677. The summed E-state index contributed by atoms with van der Waals surface area (Å²) >= 11 is 8.53. The van der Waals surface area contributed by atoms with Crippen LogP contribution in [0.1, 0.15) is 36.8 Å². The van der Waals surface area contributed by atoms with E-state index < -0.39 is 10.8 Å². The van der Waals surface area contributed by atoms with Crippen LogP contribution < -0.4 is 10.2 Å². The first-order valence-electron chi connectivity index (χ1n) is 14.1. The maximum Gasteiger partial charge on any atom is 0.283 e. The Morgan fingerprint density at radius 2 is 1.87 bits per heavy atom. The van der Waals surface area contributed by atoms with Gasteiger partial charge < -0.3 is 5.32 Å². The minimum Gasteiger partial charge on any atom is -0.321 e.